The number of oxazole rings is 1. The Morgan fingerprint density at radius 3 is 2.62 bits per heavy atom. The van der Waals surface area contributed by atoms with Gasteiger partial charge in [-0.1, -0.05) is 0 Å². The maximum atomic E-state index is 12.7. The highest BCUT2D eigenvalue weighted by atomic mass is 16.5. The van der Waals surface area contributed by atoms with Crippen LogP contribution in [-0.2, 0) is 11.3 Å². The van der Waals surface area contributed by atoms with Crippen LogP contribution < -0.4 is 11.1 Å². The van der Waals surface area contributed by atoms with Gasteiger partial charge in [-0.05, 0) is 18.2 Å². The molecule has 0 spiro atoms. The fourth-order valence-corrected chi connectivity index (χ4v) is 3.52. The number of ether oxygens (including phenoxy) is 1. The molecule has 1 amide bonds. The van der Waals surface area contributed by atoms with E-state index in [1.807, 2.05) is 4.90 Å². The number of hydrogen-bond acceptors (Lipinski definition) is 6. The van der Waals surface area contributed by atoms with Gasteiger partial charge < -0.3 is 19.4 Å². The van der Waals surface area contributed by atoms with Crippen LogP contribution in [0.25, 0.3) is 11.1 Å². The van der Waals surface area contributed by atoms with Crippen molar-refractivity contribution in [2.24, 2.45) is 0 Å². The number of fused-ring (bicyclic) bond motifs is 1. The minimum Gasteiger partial charge on any atom is -0.408 e. The highest BCUT2D eigenvalue weighted by molar-refractivity contribution is 5.97. The second kappa shape index (κ2) is 7.61. The van der Waals surface area contributed by atoms with E-state index in [0.717, 1.165) is 45.9 Å². The van der Waals surface area contributed by atoms with E-state index in [-0.39, 0.29) is 11.7 Å². The summed E-state index contributed by atoms with van der Waals surface area (Å²) >= 11 is 0. The zero-order chi connectivity index (χ0) is 17.9. The first kappa shape index (κ1) is 17.3. The molecular weight excluding hydrogens is 336 g/mol. The lowest BCUT2D eigenvalue weighted by atomic mass is 10.1. The highest BCUT2D eigenvalue weighted by Crippen LogP contribution is 2.17. The third-order valence-electron chi connectivity index (χ3n) is 5.06. The van der Waals surface area contributed by atoms with E-state index >= 15 is 0 Å². The lowest BCUT2D eigenvalue weighted by molar-refractivity contribution is 0.0363. The Hall–Kier alpha value is -2.16. The summed E-state index contributed by atoms with van der Waals surface area (Å²) in [7, 11) is 0. The molecule has 8 heteroatoms. The number of rotatable bonds is 4. The monoisotopic (exact) mass is 360 g/mol. The molecule has 0 unspecified atom stereocenters. The molecule has 0 radical (unpaired) electrons. The van der Waals surface area contributed by atoms with Crippen LogP contribution in [0, 0.1) is 0 Å². The molecule has 1 aromatic carbocycles. The quantitative estimate of drug-likeness (QED) is 0.825. The number of piperazine rings is 1. The van der Waals surface area contributed by atoms with Crippen LogP contribution in [0.2, 0.25) is 0 Å². The van der Waals surface area contributed by atoms with Crippen molar-refractivity contribution >= 4 is 17.0 Å². The minimum atomic E-state index is -0.375. The van der Waals surface area contributed by atoms with Gasteiger partial charge in [0.1, 0.15) is 0 Å². The number of hydrogen-bond donors (Lipinski definition) is 1. The Morgan fingerprint density at radius 2 is 1.85 bits per heavy atom. The van der Waals surface area contributed by atoms with Crippen molar-refractivity contribution in [1.29, 1.82) is 0 Å². The molecule has 8 nitrogen and oxygen atoms in total. The first-order valence-corrected chi connectivity index (χ1v) is 9.16. The van der Waals surface area contributed by atoms with Crippen LogP contribution >= 0.6 is 0 Å². The highest BCUT2D eigenvalue weighted by Gasteiger charge is 2.20. The summed E-state index contributed by atoms with van der Waals surface area (Å²) in [5.74, 6) is -0.373. The van der Waals surface area contributed by atoms with E-state index in [1.54, 1.807) is 22.8 Å². The zero-order valence-electron chi connectivity index (χ0n) is 14.8. The summed E-state index contributed by atoms with van der Waals surface area (Å²) in [4.78, 5) is 29.1. The molecule has 1 N–H and O–H groups in total. The van der Waals surface area contributed by atoms with E-state index < -0.39 is 0 Å². The Morgan fingerprint density at radius 1 is 1.08 bits per heavy atom. The van der Waals surface area contributed by atoms with Crippen LogP contribution in [0.4, 0.5) is 0 Å². The van der Waals surface area contributed by atoms with Gasteiger partial charge in [0, 0.05) is 57.9 Å². The zero-order valence-corrected chi connectivity index (χ0v) is 14.8. The number of carbonyl (C=O) groups is 1. The summed E-state index contributed by atoms with van der Waals surface area (Å²) in [6.07, 6.45) is 0. The van der Waals surface area contributed by atoms with Gasteiger partial charge in [-0.2, -0.15) is 0 Å². The average Bonchev–Trinajstić information content (AvgIpc) is 3.01. The predicted octanol–water partition coefficient (Wildman–Crippen LogP) is -0.0279. The first-order valence-electron chi connectivity index (χ1n) is 9.16. The van der Waals surface area contributed by atoms with Crippen LogP contribution in [0.3, 0.4) is 0 Å². The van der Waals surface area contributed by atoms with Gasteiger partial charge in [-0.15, -0.1) is 0 Å². The third-order valence-corrected chi connectivity index (χ3v) is 5.06. The van der Waals surface area contributed by atoms with Crippen molar-refractivity contribution in [3.63, 3.8) is 0 Å². The van der Waals surface area contributed by atoms with E-state index in [2.05, 4.69) is 10.2 Å². The molecule has 1 aromatic heterocycles. The van der Waals surface area contributed by atoms with Gasteiger partial charge in [0.15, 0.2) is 5.58 Å². The lowest BCUT2D eigenvalue weighted by Gasteiger charge is -2.27. The smallest absolute Gasteiger partial charge is 0.408 e. The number of amides is 1. The standard InChI is InChI=1S/C18H24N4O4/c23-17(21-5-3-19-4-6-21)14-1-2-16-15(13-14)22(18(24)26-16)8-7-20-9-11-25-12-10-20/h1-2,13,19H,3-12H2. The molecule has 0 atom stereocenters. The van der Waals surface area contributed by atoms with Gasteiger partial charge in [0.25, 0.3) is 5.91 Å². The van der Waals surface area contributed by atoms with Gasteiger partial charge in [-0.3, -0.25) is 14.3 Å². The molecule has 2 fully saturated rings. The molecule has 140 valence electrons. The van der Waals surface area contributed by atoms with Crippen LogP contribution in [0.15, 0.2) is 27.4 Å². The fourth-order valence-electron chi connectivity index (χ4n) is 3.52. The number of nitrogens with one attached hydrogen (secondary N) is 1. The maximum Gasteiger partial charge on any atom is 0.419 e. The number of morpholine rings is 1. The molecule has 0 bridgehead atoms. The van der Waals surface area contributed by atoms with E-state index in [1.165, 1.54) is 0 Å². The molecule has 2 saturated heterocycles. The lowest BCUT2D eigenvalue weighted by Crippen LogP contribution is -2.46. The Bertz CT molecular complexity index is 831. The largest absolute Gasteiger partial charge is 0.419 e. The number of carbonyl (C=O) groups excluding carboxylic acids is 1. The van der Waals surface area contributed by atoms with E-state index in [0.29, 0.717) is 36.3 Å². The number of nitrogens with zero attached hydrogens (tertiary/aromatic N) is 3. The molecule has 0 saturated carbocycles. The van der Waals surface area contributed by atoms with Crippen molar-refractivity contribution in [3.8, 4) is 0 Å². The van der Waals surface area contributed by atoms with Crippen molar-refractivity contribution in [2.45, 2.75) is 6.54 Å². The topological polar surface area (TPSA) is 80.0 Å². The van der Waals surface area contributed by atoms with Crippen LogP contribution in [-0.4, -0.2) is 79.3 Å². The molecule has 26 heavy (non-hydrogen) atoms. The molecule has 4 rings (SSSR count). The molecule has 0 aliphatic carbocycles. The van der Waals surface area contributed by atoms with Crippen LogP contribution in [0.5, 0.6) is 0 Å². The summed E-state index contributed by atoms with van der Waals surface area (Å²) in [6.45, 7) is 7.51. The molecule has 2 aliphatic rings. The first-order chi connectivity index (χ1) is 12.7. The van der Waals surface area contributed by atoms with Gasteiger partial charge in [0.05, 0.1) is 18.7 Å². The Kier molecular flexibility index (Phi) is 5.05. The summed E-state index contributed by atoms with van der Waals surface area (Å²) in [6, 6.07) is 5.24. The van der Waals surface area contributed by atoms with Crippen molar-refractivity contribution in [3.05, 3.63) is 34.3 Å². The third kappa shape index (κ3) is 3.53. The van der Waals surface area contributed by atoms with E-state index in [4.69, 9.17) is 9.15 Å². The SMILES string of the molecule is O=C(c1ccc2oc(=O)n(CCN3CCOCC3)c2c1)N1CCNCC1. The number of benzene rings is 1. The van der Waals surface area contributed by atoms with Crippen molar-refractivity contribution < 1.29 is 13.9 Å². The Balaban J connectivity index is 1.55. The summed E-state index contributed by atoms with van der Waals surface area (Å²) in [5.41, 5.74) is 1.80. The molecule has 2 aliphatic heterocycles. The maximum absolute atomic E-state index is 12.7. The van der Waals surface area contributed by atoms with Gasteiger partial charge in [-0.25, -0.2) is 4.79 Å². The average molecular weight is 360 g/mol. The molecule has 3 heterocycles. The fraction of sp³-hybridized carbons (Fsp3) is 0.556. The normalized spacial score (nSPS) is 19.2. The van der Waals surface area contributed by atoms with Gasteiger partial charge >= 0.3 is 5.76 Å². The van der Waals surface area contributed by atoms with Crippen LogP contribution in [0.1, 0.15) is 10.4 Å². The van der Waals surface area contributed by atoms with E-state index in [9.17, 15) is 9.59 Å². The predicted molar refractivity (Wildman–Crippen MR) is 96.5 cm³/mol. The second-order valence-electron chi connectivity index (χ2n) is 6.70. The minimum absolute atomic E-state index is 0.00165. The second-order valence-corrected chi connectivity index (χ2v) is 6.70. The number of aromatic nitrogens is 1. The molecular formula is C18H24N4O4. The Labute approximate surface area is 151 Å². The summed E-state index contributed by atoms with van der Waals surface area (Å²) in [5, 5.41) is 3.24. The van der Waals surface area contributed by atoms with Gasteiger partial charge in [0.2, 0.25) is 0 Å². The van der Waals surface area contributed by atoms with Crippen molar-refractivity contribution in [2.75, 3.05) is 59.0 Å². The van der Waals surface area contributed by atoms with Crippen molar-refractivity contribution in [1.82, 2.24) is 19.7 Å². The molecule has 2 aromatic rings. The summed E-state index contributed by atoms with van der Waals surface area (Å²) < 4.78 is 12.3.